The average Bonchev–Trinajstić information content (AvgIpc) is 2.42. The van der Waals surface area contributed by atoms with E-state index in [1.54, 1.807) is 6.20 Å². The van der Waals surface area contributed by atoms with Crippen LogP contribution in [0.2, 0.25) is 5.28 Å². The fraction of sp³-hybridized carbons (Fsp3) is 0.429. The van der Waals surface area contributed by atoms with Gasteiger partial charge in [-0.3, -0.25) is 0 Å². The van der Waals surface area contributed by atoms with Crippen LogP contribution in [0.3, 0.4) is 0 Å². The van der Waals surface area contributed by atoms with Crippen LogP contribution in [0.5, 0.6) is 11.5 Å². The molecule has 2 aromatic rings. The Morgan fingerprint density at radius 2 is 1.68 bits per heavy atom. The van der Waals surface area contributed by atoms with Gasteiger partial charge in [0.15, 0.2) is 11.5 Å². The minimum atomic E-state index is 0.233. The summed E-state index contributed by atoms with van der Waals surface area (Å²) in [5, 5.41) is 1.12. The van der Waals surface area contributed by atoms with Crippen molar-refractivity contribution in [3.05, 3.63) is 23.6 Å². The normalized spacial score (nSPS) is 10.7. The summed E-state index contributed by atoms with van der Waals surface area (Å²) in [6.45, 7) is 5.43. The molecule has 0 atom stereocenters. The van der Waals surface area contributed by atoms with Crippen LogP contribution in [0, 0.1) is 0 Å². The van der Waals surface area contributed by atoms with Crippen LogP contribution < -0.4 is 9.47 Å². The summed E-state index contributed by atoms with van der Waals surface area (Å²) in [4.78, 5) is 8.16. The summed E-state index contributed by atoms with van der Waals surface area (Å²) in [5.74, 6) is 1.44. The Hall–Kier alpha value is -1.55. The largest absolute Gasteiger partial charge is 0.490 e. The first-order chi connectivity index (χ1) is 9.24. The van der Waals surface area contributed by atoms with Crippen molar-refractivity contribution in [2.45, 2.75) is 26.7 Å². The molecule has 0 amide bonds. The first-order valence-corrected chi connectivity index (χ1v) is 6.84. The van der Waals surface area contributed by atoms with E-state index in [2.05, 4.69) is 23.8 Å². The molecule has 0 unspecified atom stereocenters. The van der Waals surface area contributed by atoms with Gasteiger partial charge in [-0.2, -0.15) is 0 Å². The quantitative estimate of drug-likeness (QED) is 0.754. The Morgan fingerprint density at radius 3 is 2.32 bits per heavy atom. The number of ether oxygens (including phenoxy) is 2. The molecule has 0 bridgehead atoms. The molecular formula is C14H17ClN2O2. The van der Waals surface area contributed by atoms with Gasteiger partial charge in [-0.25, -0.2) is 9.97 Å². The van der Waals surface area contributed by atoms with Crippen molar-refractivity contribution in [1.29, 1.82) is 0 Å². The van der Waals surface area contributed by atoms with Gasteiger partial charge >= 0.3 is 0 Å². The summed E-state index contributed by atoms with van der Waals surface area (Å²) >= 11 is 5.80. The molecule has 0 aliphatic heterocycles. The first-order valence-electron chi connectivity index (χ1n) is 6.46. The number of hydrogen-bond acceptors (Lipinski definition) is 4. The van der Waals surface area contributed by atoms with Gasteiger partial charge in [0.2, 0.25) is 5.28 Å². The van der Waals surface area contributed by atoms with E-state index in [0.29, 0.717) is 19.0 Å². The Balaban J connectivity index is 2.40. The Labute approximate surface area is 117 Å². The summed E-state index contributed by atoms with van der Waals surface area (Å²) < 4.78 is 11.4. The molecule has 4 nitrogen and oxygen atoms in total. The summed E-state index contributed by atoms with van der Waals surface area (Å²) in [6.07, 6.45) is 3.57. The molecule has 1 aromatic heterocycles. The van der Waals surface area contributed by atoms with Crippen molar-refractivity contribution < 1.29 is 9.47 Å². The third-order valence-corrected chi connectivity index (χ3v) is 2.72. The van der Waals surface area contributed by atoms with E-state index in [0.717, 1.165) is 29.5 Å². The van der Waals surface area contributed by atoms with Crippen LogP contribution in [0.25, 0.3) is 10.9 Å². The molecule has 0 N–H and O–H groups in total. The maximum Gasteiger partial charge on any atom is 0.222 e. The lowest BCUT2D eigenvalue weighted by Gasteiger charge is -2.13. The SMILES string of the molecule is CCCOc1cc2cnc(Cl)nc2cc1OCCC. The number of fused-ring (bicyclic) bond motifs is 1. The molecule has 1 heterocycles. The number of rotatable bonds is 6. The zero-order chi connectivity index (χ0) is 13.7. The standard InChI is InChI=1S/C14H17ClN2O2/c1-3-5-18-12-7-10-9-16-14(15)17-11(10)8-13(12)19-6-4-2/h7-9H,3-6H2,1-2H3. The topological polar surface area (TPSA) is 44.2 Å². The molecule has 19 heavy (non-hydrogen) atoms. The fourth-order valence-electron chi connectivity index (χ4n) is 1.67. The lowest BCUT2D eigenvalue weighted by atomic mass is 10.2. The van der Waals surface area contributed by atoms with Gasteiger partial charge in [0.1, 0.15) is 0 Å². The second-order valence-electron chi connectivity index (χ2n) is 4.19. The van der Waals surface area contributed by atoms with Crippen LogP contribution in [-0.2, 0) is 0 Å². The molecule has 0 aliphatic carbocycles. The second-order valence-corrected chi connectivity index (χ2v) is 4.53. The highest BCUT2D eigenvalue weighted by Gasteiger charge is 2.09. The molecule has 5 heteroatoms. The predicted molar refractivity (Wildman–Crippen MR) is 76.1 cm³/mol. The molecule has 0 saturated carbocycles. The Kier molecular flexibility index (Phi) is 4.80. The van der Waals surface area contributed by atoms with Gasteiger partial charge in [0, 0.05) is 17.6 Å². The monoisotopic (exact) mass is 280 g/mol. The second kappa shape index (κ2) is 6.57. The van der Waals surface area contributed by atoms with Gasteiger partial charge in [0.25, 0.3) is 0 Å². The van der Waals surface area contributed by atoms with E-state index in [4.69, 9.17) is 21.1 Å². The van der Waals surface area contributed by atoms with Crippen molar-refractivity contribution in [1.82, 2.24) is 9.97 Å². The van der Waals surface area contributed by atoms with E-state index >= 15 is 0 Å². The van der Waals surface area contributed by atoms with E-state index < -0.39 is 0 Å². The van der Waals surface area contributed by atoms with Gasteiger partial charge in [-0.05, 0) is 30.5 Å². The molecule has 0 fully saturated rings. The van der Waals surface area contributed by atoms with Crippen molar-refractivity contribution in [3.8, 4) is 11.5 Å². The van der Waals surface area contributed by atoms with Crippen LogP contribution in [0.15, 0.2) is 18.3 Å². The van der Waals surface area contributed by atoms with Gasteiger partial charge in [-0.1, -0.05) is 13.8 Å². The lowest BCUT2D eigenvalue weighted by Crippen LogP contribution is -2.01. The number of benzene rings is 1. The van der Waals surface area contributed by atoms with Crippen LogP contribution in [0.4, 0.5) is 0 Å². The molecule has 0 aliphatic rings. The maximum absolute atomic E-state index is 5.80. The van der Waals surface area contributed by atoms with Crippen molar-refractivity contribution in [3.63, 3.8) is 0 Å². The van der Waals surface area contributed by atoms with Gasteiger partial charge < -0.3 is 9.47 Å². The van der Waals surface area contributed by atoms with Crippen molar-refractivity contribution >= 4 is 22.5 Å². The van der Waals surface area contributed by atoms with Gasteiger partial charge in [-0.15, -0.1) is 0 Å². The van der Waals surface area contributed by atoms with Crippen LogP contribution in [0.1, 0.15) is 26.7 Å². The molecule has 1 aromatic carbocycles. The number of aromatic nitrogens is 2. The number of nitrogens with zero attached hydrogens (tertiary/aromatic N) is 2. The van der Waals surface area contributed by atoms with E-state index in [-0.39, 0.29) is 5.28 Å². The first kappa shape index (κ1) is 13.9. The fourth-order valence-corrected chi connectivity index (χ4v) is 1.81. The lowest BCUT2D eigenvalue weighted by molar-refractivity contribution is 0.269. The Bertz CT molecular complexity index is 560. The summed E-state index contributed by atoms with van der Waals surface area (Å²) in [5.41, 5.74) is 0.759. The molecule has 2 rings (SSSR count). The number of halogens is 1. The number of hydrogen-bond donors (Lipinski definition) is 0. The highest BCUT2D eigenvalue weighted by Crippen LogP contribution is 2.32. The highest BCUT2D eigenvalue weighted by molar-refractivity contribution is 6.28. The van der Waals surface area contributed by atoms with Crippen molar-refractivity contribution in [2.24, 2.45) is 0 Å². The zero-order valence-electron chi connectivity index (χ0n) is 11.1. The third kappa shape index (κ3) is 3.47. The summed E-state index contributed by atoms with van der Waals surface area (Å²) in [6, 6.07) is 3.75. The minimum Gasteiger partial charge on any atom is -0.490 e. The van der Waals surface area contributed by atoms with Gasteiger partial charge in [0.05, 0.1) is 18.7 Å². The summed E-state index contributed by atoms with van der Waals surface area (Å²) in [7, 11) is 0. The minimum absolute atomic E-state index is 0.233. The predicted octanol–water partition coefficient (Wildman–Crippen LogP) is 3.86. The smallest absolute Gasteiger partial charge is 0.222 e. The van der Waals surface area contributed by atoms with Crippen molar-refractivity contribution in [2.75, 3.05) is 13.2 Å². The molecular weight excluding hydrogens is 264 g/mol. The van der Waals surface area contributed by atoms with Crippen LogP contribution >= 0.6 is 11.6 Å². The van der Waals surface area contributed by atoms with E-state index in [1.165, 1.54) is 0 Å². The van der Waals surface area contributed by atoms with Crippen LogP contribution in [-0.4, -0.2) is 23.2 Å². The third-order valence-electron chi connectivity index (χ3n) is 2.54. The molecule has 0 spiro atoms. The Morgan fingerprint density at radius 1 is 1.05 bits per heavy atom. The highest BCUT2D eigenvalue weighted by atomic mass is 35.5. The zero-order valence-corrected chi connectivity index (χ0v) is 11.9. The average molecular weight is 281 g/mol. The maximum atomic E-state index is 5.80. The van der Waals surface area contributed by atoms with E-state index in [9.17, 15) is 0 Å². The molecule has 0 saturated heterocycles. The molecule has 0 radical (unpaired) electrons. The van der Waals surface area contributed by atoms with E-state index in [1.807, 2.05) is 12.1 Å². The molecule has 102 valence electrons.